The fourth-order valence-electron chi connectivity index (χ4n) is 2.25. The van der Waals surface area contributed by atoms with Gasteiger partial charge in [-0.05, 0) is 43.1 Å². The Morgan fingerprint density at radius 3 is 2.38 bits per heavy atom. The summed E-state index contributed by atoms with van der Waals surface area (Å²) in [6.45, 7) is 10.4. The zero-order valence-corrected chi connectivity index (χ0v) is 13.4. The van der Waals surface area contributed by atoms with Crippen LogP contribution in [0, 0.1) is 6.92 Å². The van der Waals surface area contributed by atoms with Crippen molar-refractivity contribution in [1.29, 1.82) is 0 Å². The van der Waals surface area contributed by atoms with E-state index in [-0.39, 0.29) is 0 Å². The maximum absolute atomic E-state index is 6.06. The molecular weight excluding hydrogens is 258 g/mol. The first-order chi connectivity index (χ1) is 10.1. The third-order valence-corrected chi connectivity index (χ3v) is 3.56. The van der Waals surface area contributed by atoms with E-state index in [9.17, 15) is 0 Å². The van der Waals surface area contributed by atoms with Crippen LogP contribution in [0.3, 0.4) is 0 Å². The topological polar surface area (TPSA) is 21.3 Å². The first kappa shape index (κ1) is 15.6. The number of hydrogen-bond donors (Lipinski definition) is 1. The largest absolute Gasteiger partial charge is 0.457 e. The minimum Gasteiger partial charge on any atom is -0.457 e. The maximum atomic E-state index is 6.06. The van der Waals surface area contributed by atoms with Crippen molar-refractivity contribution in [2.75, 3.05) is 6.54 Å². The van der Waals surface area contributed by atoms with Crippen LogP contribution in [0.2, 0.25) is 0 Å². The molecule has 0 heterocycles. The predicted molar refractivity (Wildman–Crippen MR) is 89.2 cm³/mol. The standard InChI is InChI=1S/C19H25NO/c1-5-20-13-17-12-15(4)6-11-19(17)21-18-9-7-16(8-10-18)14(2)3/h6-12,14,20H,5,13H2,1-4H3. The van der Waals surface area contributed by atoms with Gasteiger partial charge in [-0.3, -0.25) is 0 Å². The Balaban J connectivity index is 2.18. The lowest BCUT2D eigenvalue weighted by Gasteiger charge is -2.13. The van der Waals surface area contributed by atoms with Crippen molar-refractivity contribution in [2.45, 2.75) is 40.2 Å². The van der Waals surface area contributed by atoms with Gasteiger partial charge >= 0.3 is 0 Å². The zero-order valence-electron chi connectivity index (χ0n) is 13.4. The van der Waals surface area contributed by atoms with Crippen LogP contribution in [-0.4, -0.2) is 6.54 Å². The van der Waals surface area contributed by atoms with Gasteiger partial charge in [-0.25, -0.2) is 0 Å². The highest BCUT2D eigenvalue weighted by atomic mass is 16.5. The maximum Gasteiger partial charge on any atom is 0.131 e. The van der Waals surface area contributed by atoms with Crippen LogP contribution in [0.5, 0.6) is 11.5 Å². The van der Waals surface area contributed by atoms with Gasteiger partial charge in [0.1, 0.15) is 11.5 Å². The van der Waals surface area contributed by atoms with E-state index in [2.05, 4.69) is 63.3 Å². The van der Waals surface area contributed by atoms with Crippen LogP contribution in [-0.2, 0) is 6.54 Å². The lowest BCUT2D eigenvalue weighted by molar-refractivity contribution is 0.473. The summed E-state index contributed by atoms with van der Waals surface area (Å²) in [4.78, 5) is 0. The predicted octanol–water partition coefficient (Wildman–Crippen LogP) is 5.02. The van der Waals surface area contributed by atoms with Gasteiger partial charge in [0, 0.05) is 12.1 Å². The molecule has 2 rings (SSSR count). The summed E-state index contributed by atoms with van der Waals surface area (Å²) in [5.74, 6) is 2.36. The molecule has 0 saturated carbocycles. The number of hydrogen-bond acceptors (Lipinski definition) is 2. The Kier molecular flexibility index (Phi) is 5.40. The molecule has 0 radical (unpaired) electrons. The smallest absolute Gasteiger partial charge is 0.131 e. The second-order valence-electron chi connectivity index (χ2n) is 5.72. The third kappa shape index (κ3) is 4.33. The van der Waals surface area contributed by atoms with Gasteiger partial charge in [0.2, 0.25) is 0 Å². The van der Waals surface area contributed by atoms with Crippen molar-refractivity contribution in [3.05, 3.63) is 59.2 Å². The summed E-state index contributed by atoms with van der Waals surface area (Å²) in [6, 6.07) is 14.7. The quantitative estimate of drug-likeness (QED) is 0.803. The van der Waals surface area contributed by atoms with E-state index in [1.54, 1.807) is 0 Å². The molecule has 0 aliphatic carbocycles. The average Bonchev–Trinajstić information content (AvgIpc) is 2.48. The average molecular weight is 283 g/mol. The van der Waals surface area contributed by atoms with Crippen molar-refractivity contribution < 1.29 is 4.74 Å². The Morgan fingerprint density at radius 2 is 1.76 bits per heavy atom. The molecule has 112 valence electrons. The first-order valence-corrected chi connectivity index (χ1v) is 7.68. The molecule has 0 aromatic heterocycles. The van der Waals surface area contributed by atoms with Crippen molar-refractivity contribution in [2.24, 2.45) is 0 Å². The SMILES string of the molecule is CCNCc1cc(C)ccc1Oc1ccc(C(C)C)cc1. The molecule has 21 heavy (non-hydrogen) atoms. The first-order valence-electron chi connectivity index (χ1n) is 7.68. The molecule has 0 atom stereocenters. The number of benzene rings is 2. The molecule has 0 spiro atoms. The molecular formula is C19H25NO. The molecule has 2 aromatic rings. The lowest BCUT2D eigenvalue weighted by Crippen LogP contribution is -2.12. The second kappa shape index (κ2) is 7.28. The molecule has 1 N–H and O–H groups in total. The van der Waals surface area contributed by atoms with Crippen molar-refractivity contribution in [3.63, 3.8) is 0 Å². The summed E-state index contributed by atoms with van der Waals surface area (Å²) < 4.78 is 6.06. The van der Waals surface area contributed by atoms with Crippen molar-refractivity contribution in [1.82, 2.24) is 5.32 Å². The van der Waals surface area contributed by atoms with Gasteiger partial charge in [-0.2, -0.15) is 0 Å². The van der Waals surface area contributed by atoms with Crippen molar-refractivity contribution >= 4 is 0 Å². The summed E-state index contributed by atoms with van der Waals surface area (Å²) in [5, 5.41) is 3.36. The molecule has 0 bridgehead atoms. The van der Waals surface area contributed by atoms with E-state index >= 15 is 0 Å². The Hall–Kier alpha value is -1.80. The number of aryl methyl sites for hydroxylation is 1. The Labute approximate surface area is 128 Å². The van der Waals surface area contributed by atoms with Gasteiger partial charge in [-0.1, -0.05) is 50.6 Å². The van der Waals surface area contributed by atoms with Crippen LogP contribution in [0.1, 0.15) is 43.4 Å². The molecule has 2 aromatic carbocycles. The molecule has 2 heteroatoms. The summed E-state index contributed by atoms with van der Waals surface area (Å²) in [7, 11) is 0. The van der Waals surface area contributed by atoms with Gasteiger partial charge in [0.05, 0.1) is 0 Å². The fourth-order valence-corrected chi connectivity index (χ4v) is 2.25. The van der Waals surface area contributed by atoms with Crippen LogP contribution in [0.15, 0.2) is 42.5 Å². The number of rotatable bonds is 6. The van der Waals surface area contributed by atoms with Crippen LogP contribution in [0.25, 0.3) is 0 Å². The molecule has 0 aliphatic heterocycles. The molecule has 0 amide bonds. The normalized spacial score (nSPS) is 10.9. The van der Waals surface area contributed by atoms with E-state index in [4.69, 9.17) is 4.74 Å². The third-order valence-electron chi connectivity index (χ3n) is 3.56. The molecule has 0 aliphatic rings. The zero-order chi connectivity index (χ0) is 15.2. The van der Waals surface area contributed by atoms with Gasteiger partial charge in [0.25, 0.3) is 0 Å². The minimum atomic E-state index is 0.544. The summed E-state index contributed by atoms with van der Waals surface area (Å²) in [5.41, 5.74) is 3.79. The van der Waals surface area contributed by atoms with E-state index in [0.29, 0.717) is 5.92 Å². The van der Waals surface area contributed by atoms with Crippen molar-refractivity contribution in [3.8, 4) is 11.5 Å². The highest BCUT2D eigenvalue weighted by molar-refractivity contribution is 5.41. The van der Waals surface area contributed by atoms with E-state index in [0.717, 1.165) is 24.6 Å². The highest BCUT2D eigenvalue weighted by Gasteiger charge is 2.06. The van der Waals surface area contributed by atoms with E-state index < -0.39 is 0 Å². The summed E-state index contributed by atoms with van der Waals surface area (Å²) in [6.07, 6.45) is 0. The van der Waals surface area contributed by atoms with Gasteiger partial charge in [-0.15, -0.1) is 0 Å². The second-order valence-corrected chi connectivity index (χ2v) is 5.72. The van der Waals surface area contributed by atoms with Crippen LogP contribution >= 0.6 is 0 Å². The van der Waals surface area contributed by atoms with Crippen LogP contribution < -0.4 is 10.1 Å². The van der Waals surface area contributed by atoms with E-state index in [1.807, 2.05) is 12.1 Å². The monoisotopic (exact) mass is 283 g/mol. The Morgan fingerprint density at radius 1 is 1.05 bits per heavy atom. The van der Waals surface area contributed by atoms with Gasteiger partial charge in [0.15, 0.2) is 0 Å². The molecule has 0 unspecified atom stereocenters. The number of nitrogens with one attached hydrogen (secondary N) is 1. The summed E-state index contributed by atoms with van der Waals surface area (Å²) >= 11 is 0. The molecule has 0 saturated heterocycles. The highest BCUT2D eigenvalue weighted by Crippen LogP contribution is 2.27. The number of ether oxygens (including phenoxy) is 1. The minimum absolute atomic E-state index is 0.544. The lowest BCUT2D eigenvalue weighted by atomic mass is 10.0. The molecule has 2 nitrogen and oxygen atoms in total. The van der Waals surface area contributed by atoms with E-state index in [1.165, 1.54) is 16.7 Å². The molecule has 0 fully saturated rings. The Bertz CT molecular complexity index is 573. The van der Waals surface area contributed by atoms with Gasteiger partial charge < -0.3 is 10.1 Å². The van der Waals surface area contributed by atoms with Crippen LogP contribution in [0.4, 0.5) is 0 Å². The fraction of sp³-hybridized carbons (Fsp3) is 0.368.